The van der Waals surface area contributed by atoms with Gasteiger partial charge in [0.05, 0.1) is 10.5 Å². The average Bonchev–Trinajstić information content (AvgIpc) is 3.63. The monoisotopic (exact) mass is 883 g/mol. The van der Waals surface area contributed by atoms with Crippen molar-refractivity contribution in [3.05, 3.63) is 236 Å². The highest BCUT2D eigenvalue weighted by atomic mass is 79.9. The number of hydrogen-bond donors (Lipinski definition) is 0. The Morgan fingerprint density at radius 1 is 0.439 bits per heavy atom. The summed E-state index contributed by atoms with van der Waals surface area (Å²) in [5.74, 6) is 0. The average molecular weight is 886 g/mol. The molecular formula is C51H36Br2NO2P. The minimum absolute atomic E-state index is 0.107. The van der Waals surface area contributed by atoms with Crippen LogP contribution in [0.25, 0.3) is 43.8 Å². The molecule has 0 bridgehead atoms. The van der Waals surface area contributed by atoms with Gasteiger partial charge in [-0.3, -0.25) is 10.1 Å². The number of halogens is 2. The van der Waals surface area contributed by atoms with E-state index < -0.39 is 7.92 Å². The quantitative estimate of drug-likeness (QED) is 0.0982. The zero-order chi connectivity index (χ0) is 39.1. The van der Waals surface area contributed by atoms with Gasteiger partial charge in [0.1, 0.15) is 0 Å². The van der Waals surface area contributed by atoms with E-state index in [2.05, 4.69) is 177 Å². The summed E-state index contributed by atoms with van der Waals surface area (Å²) in [6.45, 7) is 0. The Morgan fingerprint density at radius 3 is 1.53 bits per heavy atom. The summed E-state index contributed by atoms with van der Waals surface area (Å²) in [6.07, 6.45) is 1.05. The molecule has 0 fully saturated rings. The van der Waals surface area contributed by atoms with Crippen LogP contribution in [0.2, 0.25) is 0 Å². The van der Waals surface area contributed by atoms with Crippen LogP contribution in [0.5, 0.6) is 0 Å². The van der Waals surface area contributed by atoms with Crippen molar-refractivity contribution < 1.29 is 4.92 Å². The van der Waals surface area contributed by atoms with Crippen molar-refractivity contribution in [2.45, 2.75) is 6.42 Å². The Bertz CT molecular complexity index is 2730. The van der Waals surface area contributed by atoms with Gasteiger partial charge < -0.3 is 0 Å². The molecule has 1 aliphatic rings. The Balaban J connectivity index is 0.000000120. The lowest BCUT2D eigenvalue weighted by Gasteiger charge is -2.18. The van der Waals surface area contributed by atoms with Crippen LogP contribution in [0, 0.1) is 10.1 Å². The zero-order valence-corrected chi connectivity index (χ0v) is 34.9. The summed E-state index contributed by atoms with van der Waals surface area (Å²) in [5.41, 5.74) is 7.31. The molecule has 10 rings (SSSR count). The first-order valence-corrected chi connectivity index (χ1v) is 21.5. The highest BCUT2D eigenvalue weighted by molar-refractivity contribution is 9.10. The molecule has 0 spiro atoms. The number of hydrogen-bond acceptors (Lipinski definition) is 2. The van der Waals surface area contributed by atoms with Gasteiger partial charge in [-0.25, -0.2) is 0 Å². The van der Waals surface area contributed by atoms with Crippen LogP contribution in [0.3, 0.4) is 0 Å². The lowest BCUT2D eigenvalue weighted by molar-refractivity contribution is -0.384. The van der Waals surface area contributed by atoms with E-state index >= 15 is 0 Å². The van der Waals surface area contributed by atoms with Crippen molar-refractivity contribution in [1.29, 1.82) is 0 Å². The topological polar surface area (TPSA) is 43.1 Å². The van der Waals surface area contributed by atoms with Crippen LogP contribution in [0.4, 0.5) is 5.69 Å². The minimum Gasteiger partial charge on any atom is -0.258 e. The molecular weight excluding hydrogens is 849 g/mol. The first kappa shape index (κ1) is 38.2. The number of fused-ring (bicyclic) bond motifs is 6. The van der Waals surface area contributed by atoms with Crippen molar-refractivity contribution in [3.63, 3.8) is 0 Å². The molecule has 9 aromatic carbocycles. The standard InChI is InChI=1S/C18H15P.C17H11Br.C16H10BrNO2/c1-4-10-16(11-5-1)19(17-12-6-2-7-13-17)18-14-8-3-9-15-18;18-14-7-8-16-13(10-14)9-12-6-5-11-3-1-2-4-15(11)17(12)16;17-12-8-9-15(16(10-12)18(19)20)14-7-3-5-11-4-1-2-6-13(11)14/h1-15H;1-8,10H,9H2;1-10H. The maximum Gasteiger partial charge on any atom is 0.278 e. The predicted molar refractivity (Wildman–Crippen MR) is 249 cm³/mol. The summed E-state index contributed by atoms with van der Waals surface area (Å²) in [4.78, 5) is 10.9. The molecule has 6 heteroatoms. The van der Waals surface area contributed by atoms with Crippen molar-refractivity contribution in [2.24, 2.45) is 0 Å². The van der Waals surface area contributed by atoms with Crippen molar-refractivity contribution in [1.82, 2.24) is 0 Å². The van der Waals surface area contributed by atoms with Crippen LogP contribution in [0.1, 0.15) is 11.1 Å². The van der Waals surface area contributed by atoms with Crippen LogP contribution in [-0.4, -0.2) is 4.92 Å². The fraction of sp³-hybridized carbons (Fsp3) is 0.0196. The Hall–Kier alpha value is -5.71. The molecule has 0 saturated carbocycles. The lowest BCUT2D eigenvalue weighted by atomic mass is 9.97. The molecule has 0 aliphatic heterocycles. The molecule has 276 valence electrons. The van der Waals surface area contributed by atoms with Gasteiger partial charge in [0.2, 0.25) is 0 Å². The molecule has 0 N–H and O–H groups in total. The summed E-state index contributed by atoms with van der Waals surface area (Å²) in [6, 6.07) is 70.9. The smallest absolute Gasteiger partial charge is 0.258 e. The summed E-state index contributed by atoms with van der Waals surface area (Å²) in [7, 11) is -0.446. The van der Waals surface area contributed by atoms with Gasteiger partial charge in [-0.15, -0.1) is 0 Å². The van der Waals surface area contributed by atoms with E-state index in [9.17, 15) is 10.1 Å². The molecule has 0 atom stereocenters. The second-order valence-corrected chi connectivity index (χ2v) is 17.6. The molecule has 9 aromatic rings. The van der Waals surface area contributed by atoms with E-state index in [0.29, 0.717) is 10.0 Å². The maximum absolute atomic E-state index is 11.3. The molecule has 0 saturated heterocycles. The highest BCUT2D eigenvalue weighted by Crippen LogP contribution is 2.42. The normalized spacial score (nSPS) is 11.2. The van der Waals surface area contributed by atoms with Gasteiger partial charge in [-0.2, -0.15) is 0 Å². The highest BCUT2D eigenvalue weighted by Gasteiger charge is 2.21. The Labute approximate surface area is 350 Å². The van der Waals surface area contributed by atoms with Crippen molar-refractivity contribution in [2.75, 3.05) is 0 Å². The van der Waals surface area contributed by atoms with E-state index in [1.807, 2.05) is 48.5 Å². The number of nitro benzene ring substituents is 1. The van der Waals surface area contributed by atoms with E-state index in [4.69, 9.17) is 0 Å². The fourth-order valence-electron chi connectivity index (χ4n) is 7.46. The summed E-state index contributed by atoms with van der Waals surface area (Å²) >= 11 is 6.84. The molecule has 1 aliphatic carbocycles. The first-order valence-electron chi connectivity index (χ1n) is 18.6. The zero-order valence-electron chi connectivity index (χ0n) is 30.8. The molecule has 0 amide bonds. The van der Waals surface area contributed by atoms with Gasteiger partial charge in [0, 0.05) is 15.0 Å². The molecule has 0 aromatic heterocycles. The second-order valence-electron chi connectivity index (χ2n) is 13.6. The van der Waals surface area contributed by atoms with Gasteiger partial charge in [-0.05, 0) is 104 Å². The number of rotatable bonds is 5. The third-order valence-corrected chi connectivity index (χ3v) is 13.4. The van der Waals surface area contributed by atoms with Gasteiger partial charge in [0.25, 0.3) is 5.69 Å². The third-order valence-electron chi connectivity index (χ3n) is 10.0. The SMILES string of the molecule is Brc1ccc2c(c1)Cc1ccc3ccccc3c1-2.O=[N+]([O-])c1cc(Br)ccc1-c1cccc2ccccc12.c1ccc(P(c2ccccc2)c2ccccc2)cc1. The van der Waals surface area contributed by atoms with E-state index in [0.717, 1.165) is 22.8 Å². The number of nitrogens with zero attached hydrogens (tertiary/aromatic N) is 1. The largest absolute Gasteiger partial charge is 0.278 e. The van der Waals surface area contributed by atoms with Gasteiger partial charge in [-0.1, -0.05) is 208 Å². The predicted octanol–water partition coefficient (Wildman–Crippen LogP) is 13.8. The molecule has 0 radical (unpaired) electrons. The summed E-state index contributed by atoms with van der Waals surface area (Å²) in [5, 5.41) is 20.2. The Morgan fingerprint density at radius 2 is 0.930 bits per heavy atom. The summed E-state index contributed by atoms with van der Waals surface area (Å²) < 4.78 is 1.87. The first-order chi connectivity index (χ1) is 27.9. The van der Waals surface area contributed by atoms with Crippen LogP contribution in [0.15, 0.2) is 215 Å². The van der Waals surface area contributed by atoms with E-state index in [1.165, 1.54) is 59.5 Å². The van der Waals surface area contributed by atoms with Crippen LogP contribution in [-0.2, 0) is 6.42 Å². The fourth-order valence-corrected chi connectivity index (χ4v) is 10.5. The molecule has 0 heterocycles. The number of benzene rings is 9. The van der Waals surface area contributed by atoms with Gasteiger partial charge >= 0.3 is 0 Å². The van der Waals surface area contributed by atoms with Crippen molar-refractivity contribution >= 4 is 82.9 Å². The van der Waals surface area contributed by atoms with Crippen LogP contribution >= 0.6 is 39.8 Å². The number of nitro groups is 1. The molecule has 57 heavy (non-hydrogen) atoms. The molecule has 3 nitrogen and oxygen atoms in total. The van der Waals surface area contributed by atoms with E-state index in [-0.39, 0.29) is 10.6 Å². The lowest BCUT2D eigenvalue weighted by Crippen LogP contribution is -2.20. The van der Waals surface area contributed by atoms with Gasteiger partial charge in [0.15, 0.2) is 0 Å². The van der Waals surface area contributed by atoms with E-state index in [1.54, 1.807) is 6.07 Å². The maximum atomic E-state index is 11.3. The minimum atomic E-state index is -0.446. The van der Waals surface area contributed by atoms with Crippen molar-refractivity contribution in [3.8, 4) is 22.3 Å². The third kappa shape index (κ3) is 8.52. The molecule has 0 unspecified atom stereocenters. The second kappa shape index (κ2) is 17.6. The Kier molecular flexibility index (Phi) is 11.8. The van der Waals surface area contributed by atoms with Crippen LogP contribution < -0.4 is 15.9 Å².